The van der Waals surface area contributed by atoms with E-state index in [9.17, 15) is 4.79 Å². The van der Waals surface area contributed by atoms with Crippen LogP contribution in [0, 0.1) is 5.92 Å². The van der Waals surface area contributed by atoms with Gasteiger partial charge < -0.3 is 5.32 Å². The molecule has 1 aliphatic heterocycles. The number of rotatable bonds is 3. The van der Waals surface area contributed by atoms with Crippen molar-refractivity contribution in [2.45, 2.75) is 12.8 Å². The van der Waals surface area contributed by atoms with Crippen molar-refractivity contribution in [3.05, 3.63) is 46.0 Å². The predicted octanol–water partition coefficient (Wildman–Crippen LogP) is 3.44. The molecule has 0 unspecified atom stereocenters. The van der Waals surface area contributed by atoms with E-state index in [1.165, 1.54) is 0 Å². The summed E-state index contributed by atoms with van der Waals surface area (Å²) in [5.41, 5.74) is 1.66. The lowest BCUT2D eigenvalue weighted by atomic mass is 9.84. The third-order valence-corrected chi connectivity index (χ3v) is 4.08. The average molecular weight is 284 g/mol. The molecule has 0 saturated carbocycles. The highest BCUT2D eigenvalue weighted by Gasteiger charge is 2.34. The van der Waals surface area contributed by atoms with E-state index >= 15 is 0 Å². The second-order valence-electron chi connectivity index (χ2n) is 4.69. The van der Waals surface area contributed by atoms with Gasteiger partial charge in [-0.3, -0.25) is 4.79 Å². The molecule has 0 amide bonds. The zero-order chi connectivity index (χ0) is 13.3. The lowest BCUT2D eigenvalue weighted by Gasteiger charge is -2.18. The number of ketones is 1. The van der Waals surface area contributed by atoms with Crippen LogP contribution in [0.25, 0.3) is 0 Å². The van der Waals surface area contributed by atoms with Gasteiger partial charge in [-0.15, -0.1) is 0 Å². The van der Waals surface area contributed by atoms with Crippen molar-refractivity contribution in [2.24, 2.45) is 5.92 Å². The van der Waals surface area contributed by atoms with Crippen molar-refractivity contribution in [1.82, 2.24) is 5.32 Å². The molecular formula is C14H15Cl2NO. The molecule has 1 heterocycles. The highest BCUT2D eigenvalue weighted by Crippen LogP contribution is 2.33. The molecular weight excluding hydrogens is 269 g/mol. The Kier molecular flexibility index (Phi) is 4.10. The number of hydrogen-bond donors (Lipinski definition) is 1. The SMILES string of the molecule is C=C(C)C(=O)[C@@H]1CNC[C@H]1c1ccc(Cl)c(Cl)c1. The van der Waals surface area contributed by atoms with E-state index in [2.05, 4.69) is 11.9 Å². The number of allylic oxidation sites excluding steroid dienone is 1. The van der Waals surface area contributed by atoms with Crippen molar-refractivity contribution in [2.75, 3.05) is 13.1 Å². The third kappa shape index (κ3) is 2.61. The maximum Gasteiger partial charge on any atom is 0.162 e. The van der Waals surface area contributed by atoms with Crippen LogP contribution < -0.4 is 5.32 Å². The minimum Gasteiger partial charge on any atom is -0.315 e. The first-order valence-electron chi connectivity index (χ1n) is 5.86. The largest absolute Gasteiger partial charge is 0.315 e. The van der Waals surface area contributed by atoms with Gasteiger partial charge in [0.2, 0.25) is 0 Å². The van der Waals surface area contributed by atoms with Crippen molar-refractivity contribution >= 4 is 29.0 Å². The van der Waals surface area contributed by atoms with Crippen LogP contribution in [0.5, 0.6) is 0 Å². The van der Waals surface area contributed by atoms with Crippen molar-refractivity contribution in [3.63, 3.8) is 0 Å². The number of carbonyl (C=O) groups excluding carboxylic acids is 1. The summed E-state index contributed by atoms with van der Waals surface area (Å²) < 4.78 is 0. The molecule has 1 fully saturated rings. The average Bonchev–Trinajstić information content (AvgIpc) is 2.80. The van der Waals surface area contributed by atoms with Gasteiger partial charge in [0.15, 0.2) is 5.78 Å². The molecule has 4 heteroatoms. The van der Waals surface area contributed by atoms with Crippen molar-refractivity contribution in [1.29, 1.82) is 0 Å². The smallest absolute Gasteiger partial charge is 0.162 e. The van der Waals surface area contributed by atoms with E-state index in [4.69, 9.17) is 23.2 Å². The summed E-state index contributed by atoms with van der Waals surface area (Å²) >= 11 is 11.9. The molecule has 0 spiro atoms. The Labute approximate surface area is 117 Å². The molecule has 0 aromatic heterocycles. The summed E-state index contributed by atoms with van der Waals surface area (Å²) in [4.78, 5) is 12.1. The Morgan fingerprint density at radius 1 is 1.33 bits per heavy atom. The Hall–Kier alpha value is -0.830. The molecule has 0 aliphatic carbocycles. The topological polar surface area (TPSA) is 29.1 Å². The molecule has 2 rings (SSSR count). The maximum absolute atomic E-state index is 12.1. The van der Waals surface area contributed by atoms with Gasteiger partial charge in [0, 0.05) is 24.9 Å². The number of nitrogens with one attached hydrogen (secondary N) is 1. The summed E-state index contributed by atoms with van der Waals surface area (Å²) in [6, 6.07) is 5.56. The monoisotopic (exact) mass is 283 g/mol. The molecule has 0 radical (unpaired) electrons. The lowest BCUT2D eigenvalue weighted by molar-refractivity contribution is -0.118. The van der Waals surface area contributed by atoms with E-state index in [-0.39, 0.29) is 17.6 Å². The van der Waals surface area contributed by atoms with Gasteiger partial charge in [-0.05, 0) is 30.2 Å². The second kappa shape index (κ2) is 5.43. The Bertz CT molecular complexity index is 499. The van der Waals surface area contributed by atoms with Gasteiger partial charge >= 0.3 is 0 Å². The first kappa shape index (κ1) is 13.6. The molecule has 1 aromatic carbocycles. The van der Waals surface area contributed by atoms with E-state index in [0.717, 1.165) is 12.1 Å². The summed E-state index contributed by atoms with van der Waals surface area (Å²) in [5.74, 6) is 0.208. The zero-order valence-electron chi connectivity index (χ0n) is 10.2. The normalized spacial score (nSPS) is 23.1. The molecule has 1 saturated heterocycles. The minimum atomic E-state index is -0.0558. The first-order chi connectivity index (χ1) is 8.50. The van der Waals surface area contributed by atoms with Crippen LogP contribution in [0.1, 0.15) is 18.4 Å². The fourth-order valence-electron chi connectivity index (χ4n) is 2.36. The van der Waals surface area contributed by atoms with Gasteiger partial charge in [0.05, 0.1) is 10.0 Å². The Balaban J connectivity index is 2.28. The van der Waals surface area contributed by atoms with Gasteiger partial charge in [0.1, 0.15) is 0 Å². The fraction of sp³-hybridized carbons (Fsp3) is 0.357. The number of benzene rings is 1. The standard InChI is InChI=1S/C14H15Cl2NO/c1-8(2)14(18)11-7-17-6-10(11)9-3-4-12(15)13(16)5-9/h3-5,10-11,17H,1,6-7H2,2H3/t10-,11+/m0/s1. The quantitative estimate of drug-likeness (QED) is 0.861. The van der Waals surface area contributed by atoms with Gasteiger partial charge in [-0.2, -0.15) is 0 Å². The first-order valence-corrected chi connectivity index (χ1v) is 6.61. The van der Waals surface area contributed by atoms with Crippen LogP contribution in [0.3, 0.4) is 0 Å². The number of carbonyl (C=O) groups is 1. The third-order valence-electron chi connectivity index (χ3n) is 3.34. The molecule has 2 nitrogen and oxygen atoms in total. The number of halogens is 2. The Morgan fingerprint density at radius 2 is 2.06 bits per heavy atom. The van der Waals surface area contributed by atoms with Gasteiger partial charge in [-0.25, -0.2) is 0 Å². The van der Waals surface area contributed by atoms with Gasteiger partial charge in [0.25, 0.3) is 0 Å². The second-order valence-corrected chi connectivity index (χ2v) is 5.50. The summed E-state index contributed by atoms with van der Waals surface area (Å²) in [5, 5.41) is 4.32. The highest BCUT2D eigenvalue weighted by atomic mass is 35.5. The molecule has 0 bridgehead atoms. The fourth-order valence-corrected chi connectivity index (χ4v) is 2.67. The van der Waals surface area contributed by atoms with E-state index in [1.54, 1.807) is 13.0 Å². The van der Waals surface area contributed by atoms with Crippen LogP contribution in [0.15, 0.2) is 30.4 Å². The van der Waals surface area contributed by atoms with Crippen LogP contribution >= 0.6 is 23.2 Å². The molecule has 1 aromatic rings. The van der Waals surface area contributed by atoms with Crippen molar-refractivity contribution in [3.8, 4) is 0 Å². The van der Waals surface area contributed by atoms with Crippen LogP contribution in [-0.4, -0.2) is 18.9 Å². The number of hydrogen-bond acceptors (Lipinski definition) is 2. The van der Waals surface area contributed by atoms with Crippen LogP contribution in [0.4, 0.5) is 0 Å². The molecule has 18 heavy (non-hydrogen) atoms. The molecule has 1 aliphatic rings. The lowest BCUT2D eigenvalue weighted by Crippen LogP contribution is -2.22. The van der Waals surface area contributed by atoms with E-state index in [1.807, 2.05) is 12.1 Å². The zero-order valence-corrected chi connectivity index (χ0v) is 11.7. The van der Waals surface area contributed by atoms with E-state index < -0.39 is 0 Å². The molecule has 2 atom stereocenters. The number of Topliss-reactive ketones (excluding diaryl/α,β-unsaturated/α-hetero) is 1. The van der Waals surface area contributed by atoms with Crippen molar-refractivity contribution < 1.29 is 4.79 Å². The summed E-state index contributed by atoms with van der Waals surface area (Å²) in [6.07, 6.45) is 0. The molecule has 96 valence electrons. The summed E-state index contributed by atoms with van der Waals surface area (Å²) in [7, 11) is 0. The maximum atomic E-state index is 12.1. The molecule has 1 N–H and O–H groups in total. The highest BCUT2D eigenvalue weighted by molar-refractivity contribution is 6.42. The van der Waals surface area contributed by atoms with Crippen LogP contribution in [-0.2, 0) is 4.79 Å². The summed E-state index contributed by atoms with van der Waals surface area (Å²) in [6.45, 7) is 6.96. The Morgan fingerprint density at radius 3 is 2.67 bits per heavy atom. The van der Waals surface area contributed by atoms with Crippen LogP contribution in [0.2, 0.25) is 10.0 Å². The van der Waals surface area contributed by atoms with E-state index in [0.29, 0.717) is 22.2 Å². The predicted molar refractivity (Wildman–Crippen MR) is 75.4 cm³/mol. The minimum absolute atomic E-state index is 0.0558. The van der Waals surface area contributed by atoms with Gasteiger partial charge in [-0.1, -0.05) is 35.8 Å².